The van der Waals surface area contributed by atoms with E-state index in [0.717, 1.165) is 18.4 Å². The van der Waals surface area contributed by atoms with Gasteiger partial charge in [0.15, 0.2) is 0 Å². The molecule has 1 N–H and O–H groups in total. The van der Waals surface area contributed by atoms with Crippen LogP contribution in [0.5, 0.6) is 0 Å². The lowest BCUT2D eigenvalue weighted by molar-refractivity contribution is -0.123. The summed E-state index contributed by atoms with van der Waals surface area (Å²) < 4.78 is 23.1. The van der Waals surface area contributed by atoms with Crippen molar-refractivity contribution >= 4 is 15.7 Å². The maximum atomic E-state index is 12.7. The maximum Gasteiger partial charge on any atom is 0.234 e. The average molecular weight is 381 g/mol. The third kappa shape index (κ3) is 6.40. The Labute approximate surface area is 158 Å². The van der Waals surface area contributed by atoms with Gasteiger partial charge in [0, 0.05) is 12.3 Å². The monoisotopic (exact) mass is 380 g/mol. The highest BCUT2D eigenvalue weighted by atomic mass is 32.2. The number of benzene rings is 1. The van der Waals surface area contributed by atoms with E-state index in [1.807, 2.05) is 36.9 Å². The van der Waals surface area contributed by atoms with Gasteiger partial charge < -0.3 is 5.32 Å². The molecule has 0 spiro atoms. The number of amides is 1. The lowest BCUT2D eigenvalue weighted by atomic mass is 9.91. The van der Waals surface area contributed by atoms with Crippen molar-refractivity contribution in [1.82, 2.24) is 10.2 Å². The number of sulfone groups is 1. The third-order valence-electron chi connectivity index (χ3n) is 5.27. The zero-order valence-corrected chi connectivity index (χ0v) is 17.0. The molecule has 146 valence electrons. The summed E-state index contributed by atoms with van der Waals surface area (Å²) in [5.41, 5.74) is 1.15. The molecule has 2 unspecified atom stereocenters. The largest absolute Gasteiger partial charge is 0.348 e. The summed E-state index contributed by atoms with van der Waals surface area (Å²) in [5.74, 6) is 0.511. The van der Waals surface area contributed by atoms with E-state index < -0.39 is 9.84 Å². The van der Waals surface area contributed by atoms with Crippen LogP contribution in [-0.2, 0) is 14.6 Å². The van der Waals surface area contributed by atoms with Crippen molar-refractivity contribution in [3.05, 3.63) is 35.9 Å². The van der Waals surface area contributed by atoms with Gasteiger partial charge in [-0.3, -0.25) is 9.69 Å². The van der Waals surface area contributed by atoms with E-state index in [1.54, 1.807) is 0 Å². The molecule has 1 aromatic rings. The molecule has 1 amide bonds. The molecule has 2 atom stereocenters. The van der Waals surface area contributed by atoms with Crippen LogP contribution in [0.25, 0.3) is 0 Å². The predicted molar refractivity (Wildman–Crippen MR) is 106 cm³/mol. The maximum absolute atomic E-state index is 12.7. The van der Waals surface area contributed by atoms with Gasteiger partial charge in [0.05, 0.1) is 18.3 Å². The average Bonchev–Trinajstić information content (AvgIpc) is 3.11. The minimum absolute atomic E-state index is 0.0343. The fourth-order valence-corrected chi connectivity index (χ4v) is 5.04. The van der Waals surface area contributed by atoms with Crippen LogP contribution in [0.15, 0.2) is 30.3 Å². The van der Waals surface area contributed by atoms with Gasteiger partial charge in [0.25, 0.3) is 0 Å². The first-order valence-electron chi connectivity index (χ1n) is 9.56. The summed E-state index contributed by atoms with van der Waals surface area (Å²) in [6, 6.07) is 10.0. The van der Waals surface area contributed by atoms with E-state index in [2.05, 4.69) is 17.4 Å². The van der Waals surface area contributed by atoms with Gasteiger partial charge in [-0.05, 0) is 37.8 Å². The van der Waals surface area contributed by atoms with Crippen molar-refractivity contribution in [2.24, 2.45) is 5.92 Å². The van der Waals surface area contributed by atoms with Crippen LogP contribution in [0.4, 0.5) is 0 Å². The number of rotatable bonds is 9. The third-order valence-corrected chi connectivity index (χ3v) is 6.35. The summed E-state index contributed by atoms with van der Waals surface area (Å²) in [6.45, 7) is 4.69. The van der Waals surface area contributed by atoms with E-state index in [9.17, 15) is 13.2 Å². The Balaban J connectivity index is 2.04. The number of likely N-dealkylation sites (N-methyl/N-ethyl adjacent to an activating group) is 1. The topological polar surface area (TPSA) is 66.5 Å². The van der Waals surface area contributed by atoms with Crippen molar-refractivity contribution in [1.29, 1.82) is 0 Å². The van der Waals surface area contributed by atoms with E-state index in [1.165, 1.54) is 19.1 Å². The van der Waals surface area contributed by atoms with Gasteiger partial charge in [-0.1, -0.05) is 50.1 Å². The van der Waals surface area contributed by atoms with Crippen LogP contribution >= 0.6 is 0 Å². The Morgan fingerprint density at radius 2 is 1.85 bits per heavy atom. The van der Waals surface area contributed by atoms with Gasteiger partial charge >= 0.3 is 0 Å². The van der Waals surface area contributed by atoms with Crippen LogP contribution in [-0.4, -0.2) is 50.4 Å². The molecule has 0 bridgehead atoms. The van der Waals surface area contributed by atoms with Gasteiger partial charge in [-0.25, -0.2) is 8.42 Å². The molecule has 2 rings (SSSR count). The fourth-order valence-electron chi connectivity index (χ4n) is 3.95. The van der Waals surface area contributed by atoms with Crippen LogP contribution < -0.4 is 5.32 Å². The first-order valence-corrected chi connectivity index (χ1v) is 11.6. The van der Waals surface area contributed by atoms with Crippen molar-refractivity contribution < 1.29 is 13.2 Å². The minimum atomic E-state index is -3.07. The normalized spacial score (nSPS) is 18.0. The number of carbonyl (C=O) groups is 1. The van der Waals surface area contributed by atoms with Crippen molar-refractivity contribution in [3.8, 4) is 0 Å². The second-order valence-corrected chi connectivity index (χ2v) is 9.69. The van der Waals surface area contributed by atoms with E-state index >= 15 is 0 Å². The van der Waals surface area contributed by atoms with Crippen molar-refractivity contribution in [2.75, 3.05) is 25.1 Å². The van der Waals surface area contributed by atoms with Crippen molar-refractivity contribution in [3.63, 3.8) is 0 Å². The van der Waals surface area contributed by atoms with E-state index in [0.29, 0.717) is 12.5 Å². The molecule has 1 aliphatic rings. The van der Waals surface area contributed by atoms with Gasteiger partial charge in [0.2, 0.25) is 5.91 Å². The molecule has 0 aromatic heterocycles. The van der Waals surface area contributed by atoms with Crippen LogP contribution in [0.3, 0.4) is 0 Å². The summed E-state index contributed by atoms with van der Waals surface area (Å²) in [4.78, 5) is 14.6. The van der Waals surface area contributed by atoms with Gasteiger partial charge in [0.1, 0.15) is 9.84 Å². The molecule has 1 saturated carbocycles. The molecule has 26 heavy (non-hydrogen) atoms. The lowest BCUT2D eigenvalue weighted by Crippen LogP contribution is -2.45. The molecule has 1 fully saturated rings. The zero-order valence-electron chi connectivity index (χ0n) is 16.1. The molecule has 0 heterocycles. The van der Waals surface area contributed by atoms with Crippen LogP contribution in [0.2, 0.25) is 0 Å². The zero-order chi connectivity index (χ0) is 19.2. The second-order valence-electron chi connectivity index (χ2n) is 7.50. The summed E-state index contributed by atoms with van der Waals surface area (Å²) in [7, 11) is -3.07. The van der Waals surface area contributed by atoms with E-state index in [4.69, 9.17) is 0 Å². The molecule has 6 heteroatoms. The molecular formula is C20H32N2O3S. The molecule has 5 nitrogen and oxygen atoms in total. The summed E-state index contributed by atoms with van der Waals surface area (Å²) in [6.07, 6.45) is 5.96. The van der Waals surface area contributed by atoms with Gasteiger partial charge in [-0.2, -0.15) is 0 Å². The summed E-state index contributed by atoms with van der Waals surface area (Å²) in [5, 5.41) is 3.23. The molecule has 0 saturated heterocycles. The van der Waals surface area contributed by atoms with Crippen LogP contribution in [0, 0.1) is 5.92 Å². The van der Waals surface area contributed by atoms with Crippen molar-refractivity contribution in [2.45, 2.75) is 51.6 Å². The first kappa shape index (κ1) is 20.9. The molecule has 0 aliphatic heterocycles. The predicted octanol–water partition coefficient (Wildman–Crippen LogP) is 2.79. The highest BCUT2D eigenvalue weighted by Crippen LogP contribution is 2.35. The Kier molecular flexibility index (Phi) is 7.65. The number of nitrogens with one attached hydrogen (secondary N) is 1. The van der Waals surface area contributed by atoms with E-state index in [-0.39, 0.29) is 30.3 Å². The molecule has 0 radical (unpaired) electrons. The Morgan fingerprint density at radius 3 is 2.38 bits per heavy atom. The first-order chi connectivity index (χ1) is 12.3. The molecule has 1 aromatic carbocycles. The SMILES string of the molecule is CCN(CC(=O)NC(c1ccccc1)C1CCCC1)C(C)CS(C)(=O)=O. The standard InChI is InChI=1S/C20H32N2O3S/c1-4-22(16(2)15-26(3,24)25)14-19(23)21-20(18-12-8-9-13-18)17-10-6-5-7-11-17/h5-7,10-11,16,18,20H,4,8-9,12-15H2,1-3H3,(H,21,23). The number of hydrogen-bond acceptors (Lipinski definition) is 4. The highest BCUT2D eigenvalue weighted by molar-refractivity contribution is 7.90. The Bertz CT molecular complexity index is 670. The number of nitrogens with zero attached hydrogens (tertiary/aromatic N) is 1. The summed E-state index contributed by atoms with van der Waals surface area (Å²) >= 11 is 0. The minimum Gasteiger partial charge on any atom is -0.348 e. The lowest BCUT2D eigenvalue weighted by Gasteiger charge is -2.29. The Hall–Kier alpha value is -1.40. The number of carbonyl (C=O) groups excluding carboxylic acids is 1. The molecular weight excluding hydrogens is 348 g/mol. The smallest absolute Gasteiger partial charge is 0.234 e. The molecule has 1 aliphatic carbocycles. The second kappa shape index (κ2) is 9.51. The fraction of sp³-hybridized carbons (Fsp3) is 0.650. The van der Waals surface area contributed by atoms with Gasteiger partial charge in [-0.15, -0.1) is 0 Å². The number of hydrogen-bond donors (Lipinski definition) is 1. The van der Waals surface area contributed by atoms with Crippen LogP contribution in [0.1, 0.15) is 51.1 Å². The quantitative estimate of drug-likeness (QED) is 0.715. The Morgan fingerprint density at radius 1 is 1.23 bits per heavy atom. The highest BCUT2D eigenvalue weighted by Gasteiger charge is 2.28.